The van der Waals surface area contributed by atoms with Crippen molar-refractivity contribution in [2.45, 2.75) is 24.7 Å². The number of hydrogen-bond donors (Lipinski definition) is 1. The molecule has 0 spiro atoms. The predicted molar refractivity (Wildman–Crippen MR) is 122 cm³/mol. The molecule has 4 rings (SSSR count). The number of piperidine rings is 1. The maximum Gasteiger partial charge on any atom is 0.262 e. The van der Waals surface area contributed by atoms with E-state index in [4.69, 9.17) is 16.3 Å². The standard InChI is InChI=1S/C22H24ClN3O5S/c1-14-3-5-16(6-4-14)25(2)22(28)15-7-9-26(10-8-15)32(29,30)20-12-19-18(11-17(20)23)24-21(27)13-31-19/h3-6,11-12,15H,7-10,13H2,1-2H3,(H,24,27). The minimum atomic E-state index is -3.88. The van der Waals surface area contributed by atoms with E-state index >= 15 is 0 Å². The lowest BCUT2D eigenvalue weighted by atomic mass is 9.96. The summed E-state index contributed by atoms with van der Waals surface area (Å²) in [5, 5.41) is 2.61. The van der Waals surface area contributed by atoms with Crippen molar-refractivity contribution in [1.82, 2.24) is 4.31 Å². The molecule has 1 saturated heterocycles. The largest absolute Gasteiger partial charge is 0.482 e. The lowest BCUT2D eigenvalue weighted by Crippen LogP contribution is -2.43. The van der Waals surface area contributed by atoms with E-state index < -0.39 is 10.0 Å². The molecule has 8 nitrogen and oxygen atoms in total. The van der Waals surface area contributed by atoms with Gasteiger partial charge in [-0.1, -0.05) is 29.3 Å². The third-order valence-electron chi connectivity index (χ3n) is 5.84. The molecule has 2 amide bonds. The van der Waals surface area contributed by atoms with Gasteiger partial charge in [0.2, 0.25) is 15.9 Å². The summed E-state index contributed by atoms with van der Waals surface area (Å²) >= 11 is 6.24. The summed E-state index contributed by atoms with van der Waals surface area (Å²) < 4.78 is 33.1. The molecule has 1 fully saturated rings. The molecule has 0 atom stereocenters. The van der Waals surface area contributed by atoms with Crippen LogP contribution in [0.2, 0.25) is 5.02 Å². The second-order valence-corrected chi connectivity index (χ2v) is 10.3. The SMILES string of the molecule is Cc1ccc(N(C)C(=O)C2CCN(S(=O)(=O)c3cc4c(cc3Cl)NC(=O)CO4)CC2)cc1. The summed E-state index contributed by atoms with van der Waals surface area (Å²) in [5.74, 6) is -0.351. The molecule has 0 bridgehead atoms. The van der Waals surface area contributed by atoms with E-state index in [1.165, 1.54) is 16.4 Å². The van der Waals surface area contributed by atoms with E-state index in [1.54, 1.807) is 11.9 Å². The number of carbonyl (C=O) groups excluding carboxylic acids is 2. The van der Waals surface area contributed by atoms with Gasteiger partial charge in [-0.25, -0.2) is 8.42 Å². The number of aryl methyl sites for hydroxylation is 1. The minimum absolute atomic E-state index is 0.00635. The van der Waals surface area contributed by atoms with Crippen LogP contribution in [0.25, 0.3) is 0 Å². The van der Waals surface area contributed by atoms with Gasteiger partial charge in [0.1, 0.15) is 10.6 Å². The number of ether oxygens (including phenoxy) is 1. The first-order valence-electron chi connectivity index (χ1n) is 10.3. The van der Waals surface area contributed by atoms with Crippen molar-refractivity contribution in [2.24, 2.45) is 5.92 Å². The van der Waals surface area contributed by atoms with Gasteiger partial charge in [-0.05, 0) is 38.0 Å². The Kier molecular flexibility index (Phi) is 6.15. The summed E-state index contributed by atoms with van der Waals surface area (Å²) in [6.45, 7) is 2.23. The van der Waals surface area contributed by atoms with Crippen molar-refractivity contribution in [3.63, 3.8) is 0 Å². The zero-order valence-corrected chi connectivity index (χ0v) is 19.4. The van der Waals surface area contributed by atoms with Crippen LogP contribution in [0.5, 0.6) is 5.75 Å². The lowest BCUT2D eigenvalue weighted by Gasteiger charge is -2.33. The fraction of sp³-hybridized carbons (Fsp3) is 0.364. The van der Waals surface area contributed by atoms with Crippen LogP contribution in [0.3, 0.4) is 0 Å². The fourth-order valence-corrected chi connectivity index (χ4v) is 5.92. The number of benzene rings is 2. The van der Waals surface area contributed by atoms with Crippen molar-refractivity contribution in [3.8, 4) is 5.75 Å². The fourth-order valence-electron chi connectivity index (χ4n) is 3.93. The Morgan fingerprint density at radius 2 is 1.84 bits per heavy atom. The van der Waals surface area contributed by atoms with Crippen LogP contribution in [-0.2, 0) is 19.6 Å². The Morgan fingerprint density at radius 1 is 1.19 bits per heavy atom. The second-order valence-electron chi connectivity index (χ2n) is 8.03. The van der Waals surface area contributed by atoms with Gasteiger partial charge in [0.15, 0.2) is 6.61 Å². The second kappa shape index (κ2) is 8.73. The van der Waals surface area contributed by atoms with Crippen LogP contribution in [-0.4, -0.2) is 51.3 Å². The van der Waals surface area contributed by atoms with Crippen LogP contribution in [0.15, 0.2) is 41.3 Å². The van der Waals surface area contributed by atoms with Crippen molar-refractivity contribution in [3.05, 3.63) is 47.0 Å². The molecule has 0 saturated carbocycles. The molecule has 0 radical (unpaired) electrons. The normalized spacial score (nSPS) is 17.3. The van der Waals surface area contributed by atoms with Gasteiger partial charge >= 0.3 is 0 Å². The summed E-state index contributed by atoms with van der Waals surface area (Å²) in [7, 11) is -2.14. The zero-order chi connectivity index (χ0) is 23.0. The van der Waals surface area contributed by atoms with E-state index in [1.807, 2.05) is 31.2 Å². The summed E-state index contributed by atoms with van der Waals surface area (Å²) in [6.07, 6.45) is 0.840. The number of hydrogen-bond acceptors (Lipinski definition) is 5. The summed E-state index contributed by atoms with van der Waals surface area (Å²) in [6, 6.07) is 10.4. The summed E-state index contributed by atoms with van der Waals surface area (Å²) in [4.78, 5) is 26.0. The van der Waals surface area contributed by atoms with E-state index in [2.05, 4.69) is 5.32 Å². The molecule has 0 aliphatic carbocycles. The molecule has 2 aromatic rings. The Labute approximate surface area is 192 Å². The van der Waals surface area contributed by atoms with Crippen LogP contribution < -0.4 is 15.0 Å². The van der Waals surface area contributed by atoms with Crippen molar-refractivity contribution >= 4 is 44.8 Å². The molecule has 2 heterocycles. The first kappa shape index (κ1) is 22.6. The smallest absolute Gasteiger partial charge is 0.262 e. The molecular formula is C22H24ClN3O5S. The number of anilines is 2. The zero-order valence-electron chi connectivity index (χ0n) is 17.8. The van der Waals surface area contributed by atoms with E-state index in [9.17, 15) is 18.0 Å². The number of sulfonamides is 1. The first-order chi connectivity index (χ1) is 15.2. The van der Waals surface area contributed by atoms with Gasteiger partial charge in [-0.3, -0.25) is 9.59 Å². The maximum absolute atomic E-state index is 13.2. The Hall–Kier alpha value is -2.62. The molecular weight excluding hydrogens is 454 g/mol. The van der Waals surface area contributed by atoms with Crippen LogP contribution in [0.1, 0.15) is 18.4 Å². The molecule has 2 aliphatic rings. The molecule has 0 unspecified atom stereocenters. The molecule has 32 heavy (non-hydrogen) atoms. The first-order valence-corrected chi connectivity index (χ1v) is 12.1. The number of nitrogens with one attached hydrogen (secondary N) is 1. The molecule has 10 heteroatoms. The maximum atomic E-state index is 13.2. The summed E-state index contributed by atoms with van der Waals surface area (Å²) in [5.41, 5.74) is 2.26. The molecule has 170 valence electrons. The number of rotatable bonds is 4. The van der Waals surface area contributed by atoms with Gasteiger partial charge in [0.05, 0.1) is 10.7 Å². The van der Waals surface area contributed by atoms with Gasteiger partial charge in [-0.15, -0.1) is 0 Å². The van der Waals surface area contributed by atoms with Crippen molar-refractivity contribution < 1.29 is 22.7 Å². The number of carbonyl (C=O) groups is 2. The Morgan fingerprint density at radius 3 is 2.50 bits per heavy atom. The van der Waals surface area contributed by atoms with E-state index in [-0.39, 0.29) is 53.1 Å². The van der Waals surface area contributed by atoms with Gasteiger partial charge in [-0.2, -0.15) is 4.31 Å². The van der Waals surface area contributed by atoms with Crippen LogP contribution in [0.4, 0.5) is 11.4 Å². The minimum Gasteiger partial charge on any atom is -0.482 e. The highest BCUT2D eigenvalue weighted by Crippen LogP contribution is 2.37. The van der Waals surface area contributed by atoms with E-state index in [0.717, 1.165) is 11.3 Å². The highest BCUT2D eigenvalue weighted by molar-refractivity contribution is 7.89. The molecule has 2 aromatic carbocycles. The van der Waals surface area contributed by atoms with Crippen LogP contribution >= 0.6 is 11.6 Å². The van der Waals surface area contributed by atoms with Crippen LogP contribution in [0, 0.1) is 12.8 Å². The third kappa shape index (κ3) is 4.32. The predicted octanol–water partition coefficient (Wildman–Crippen LogP) is 3.04. The molecule has 0 aromatic heterocycles. The van der Waals surface area contributed by atoms with Crippen molar-refractivity contribution in [2.75, 3.05) is 37.0 Å². The number of halogens is 1. The quantitative estimate of drug-likeness (QED) is 0.730. The average Bonchev–Trinajstić information content (AvgIpc) is 2.78. The molecule has 2 aliphatic heterocycles. The monoisotopic (exact) mass is 477 g/mol. The van der Waals surface area contributed by atoms with Gasteiger partial charge in [0.25, 0.3) is 5.91 Å². The number of fused-ring (bicyclic) bond motifs is 1. The highest BCUT2D eigenvalue weighted by atomic mass is 35.5. The average molecular weight is 478 g/mol. The lowest BCUT2D eigenvalue weighted by molar-refractivity contribution is -0.123. The number of nitrogens with zero attached hydrogens (tertiary/aromatic N) is 2. The Bertz CT molecular complexity index is 1160. The van der Waals surface area contributed by atoms with Gasteiger partial charge in [0, 0.05) is 37.8 Å². The van der Waals surface area contributed by atoms with E-state index in [0.29, 0.717) is 18.5 Å². The molecule has 1 N–H and O–H groups in total. The van der Waals surface area contributed by atoms with Gasteiger partial charge < -0.3 is 15.0 Å². The highest BCUT2D eigenvalue weighted by Gasteiger charge is 2.35. The number of amides is 2. The third-order valence-corrected chi connectivity index (χ3v) is 8.20. The Balaban J connectivity index is 1.46. The topological polar surface area (TPSA) is 96.0 Å². The van der Waals surface area contributed by atoms with Crippen molar-refractivity contribution in [1.29, 1.82) is 0 Å².